The van der Waals surface area contributed by atoms with E-state index in [4.69, 9.17) is 0 Å². The van der Waals surface area contributed by atoms with Crippen molar-refractivity contribution in [3.8, 4) is 0 Å². The Bertz CT molecular complexity index is 538. The number of carbonyl (C=O) groups is 1. The lowest BCUT2D eigenvalue weighted by Gasteiger charge is -2.61. The van der Waals surface area contributed by atoms with Crippen molar-refractivity contribution in [3.05, 3.63) is 33.8 Å². The smallest absolute Gasteiger partial charge is 0.347 e. The van der Waals surface area contributed by atoms with Crippen LogP contribution in [-0.2, 0) is 6.18 Å². The van der Waals surface area contributed by atoms with Crippen LogP contribution >= 0.6 is 15.9 Å². The summed E-state index contributed by atoms with van der Waals surface area (Å²) in [7, 11) is 0. The zero-order valence-electron chi connectivity index (χ0n) is 9.85. The number of carbonyl (C=O) groups excluding carboxylic acids is 1. The van der Waals surface area contributed by atoms with Gasteiger partial charge < -0.3 is 5.32 Å². The lowest BCUT2D eigenvalue weighted by Crippen LogP contribution is -2.68. The maximum atomic E-state index is 12.6. The fourth-order valence-corrected chi connectivity index (χ4v) is 3.43. The second-order valence-electron chi connectivity index (χ2n) is 5.41. The summed E-state index contributed by atoms with van der Waals surface area (Å²) in [4.78, 5) is 12.0. The molecule has 1 N–H and O–H groups in total. The van der Waals surface area contributed by atoms with E-state index in [1.54, 1.807) is 0 Å². The third-order valence-corrected chi connectivity index (χ3v) is 4.61. The Morgan fingerprint density at radius 2 is 1.95 bits per heavy atom. The monoisotopic (exact) mass is 333 g/mol. The molecule has 102 valence electrons. The minimum absolute atomic E-state index is 0.0725. The summed E-state index contributed by atoms with van der Waals surface area (Å²) in [5.74, 6) is 0.437. The summed E-state index contributed by atoms with van der Waals surface area (Å²) in [5, 5.41) is 2.92. The van der Waals surface area contributed by atoms with Gasteiger partial charge in [-0.2, -0.15) is 13.2 Å². The van der Waals surface area contributed by atoms with Crippen LogP contribution in [0.15, 0.2) is 22.7 Å². The van der Waals surface area contributed by atoms with E-state index >= 15 is 0 Å². The molecule has 3 saturated carbocycles. The first-order valence-electron chi connectivity index (χ1n) is 5.98. The molecular weight excluding hydrogens is 323 g/mol. The SMILES string of the molecule is O=C(NC12CC(C1)C2)c1ccc(C(F)(F)F)c(Br)c1. The molecule has 2 nitrogen and oxygen atoms in total. The number of amides is 1. The average Bonchev–Trinajstić information content (AvgIpc) is 2.19. The first-order chi connectivity index (χ1) is 8.79. The molecule has 0 atom stereocenters. The van der Waals surface area contributed by atoms with Crippen molar-refractivity contribution < 1.29 is 18.0 Å². The Kier molecular flexibility index (Phi) is 2.71. The fourth-order valence-electron chi connectivity index (χ4n) is 2.83. The van der Waals surface area contributed by atoms with Crippen LogP contribution in [0.5, 0.6) is 0 Å². The number of benzene rings is 1. The Labute approximate surface area is 116 Å². The van der Waals surface area contributed by atoms with Gasteiger partial charge in [-0.3, -0.25) is 4.79 Å². The van der Waals surface area contributed by atoms with Crippen molar-refractivity contribution >= 4 is 21.8 Å². The normalized spacial score (nSPS) is 28.3. The lowest BCUT2D eigenvalue weighted by atomic mass is 9.50. The van der Waals surface area contributed by atoms with Crippen LogP contribution in [0.3, 0.4) is 0 Å². The van der Waals surface area contributed by atoms with Gasteiger partial charge >= 0.3 is 6.18 Å². The molecule has 1 aromatic carbocycles. The standard InChI is InChI=1S/C13H11BrF3NO/c14-10-3-8(1-2-9(10)13(15,16)17)11(19)18-12-4-7(5-12)6-12/h1-3,7H,4-6H2,(H,18,19). The van der Waals surface area contributed by atoms with Crippen LogP contribution in [-0.4, -0.2) is 11.4 Å². The van der Waals surface area contributed by atoms with E-state index in [1.165, 1.54) is 12.1 Å². The molecule has 2 bridgehead atoms. The molecule has 0 unspecified atom stereocenters. The lowest BCUT2D eigenvalue weighted by molar-refractivity contribution is -0.138. The Morgan fingerprint density at radius 1 is 1.32 bits per heavy atom. The number of halogens is 4. The van der Waals surface area contributed by atoms with Gasteiger partial charge in [0, 0.05) is 15.6 Å². The highest BCUT2D eigenvalue weighted by Crippen LogP contribution is 2.57. The van der Waals surface area contributed by atoms with E-state index in [2.05, 4.69) is 21.2 Å². The predicted molar refractivity (Wildman–Crippen MR) is 66.7 cm³/mol. The van der Waals surface area contributed by atoms with Crippen LogP contribution < -0.4 is 5.32 Å². The largest absolute Gasteiger partial charge is 0.417 e. The van der Waals surface area contributed by atoms with Crippen LogP contribution in [0.1, 0.15) is 35.2 Å². The number of hydrogen-bond donors (Lipinski definition) is 1. The van der Waals surface area contributed by atoms with Gasteiger partial charge in [-0.15, -0.1) is 0 Å². The van der Waals surface area contributed by atoms with Gasteiger partial charge in [0.25, 0.3) is 5.91 Å². The molecule has 0 aromatic heterocycles. The third-order valence-electron chi connectivity index (χ3n) is 3.95. The van der Waals surface area contributed by atoms with Gasteiger partial charge in [0.05, 0.1) is 5.56 Å². The molecule has 3 aliphatic carbocycles. The summed E-state index contributed by atoms with van der Waals surface area (Å²) in [6, 6.07) is 3.37. The molecule has 0 radical (unpaired) electrons. The maximum absolute atomic E-state index is 12.6. The summed E-state index contributed by atoms with van der Waals surface area (Å²) < 4.78 is 37.7. The van der Waals surface area contributed by atoms with Crippen LogP contribution in [0.25, 0.3) is 0 Å². The number of hydrogen-bond acceptors (Lipinski definition) is 1. The molecule has 1 amide bonds. The van der Waals surface area contributed by atoms with Crippen molar-refractivity contribution in [1.82, 2.24) is 5.32 Å². The molecule has 0 aliphatic heterocycles. The van der Waals surface area contributed by atoms with Gasteiger partial charge in [-0.1, -0.05) is 15.9 Å². The minimum Gasteiger partial charge on any atom is -0.347 e. The maximum Gasteiger partial charge on any atom is 0.417 e. The third kappa shape index (κ3) is 2.16. The predicted octanol–water partition coefficient (Wildman–Crippen LogP) is 3.75. The van der Waals surface area contributed by atoms with Crippen LogP contribution in [0.2, 0.25) is 0 Å². The zero-order chi connectivity index (χ0) is 13.8. The summed E-state index contributed by atoms with van der Waals surface area (Å²) >= 11 is 2.87. The molecule has 0 saturated heterocycles. The van der Waals surface area contributed by atoms with E-state index in [-0.39, 0.29) is 21.5 Å². The van der Waals surface area contributed by atoms with E-state index in [9.17, 15) is 18.0 Å². The zero-order valence-corrected chi connectivity index (χ0v) is 11.4. The molecule has 3 aliphatic rings. The van der Waals surface area contributed by atoms with Crippen molar-refractivity contribution in [1.29, 1.82) is 0 Å². The molecule has 0 heterocycles. The second kappa shape index (κ2) is 3.98. The molecule has 19 heavy (non-hydrogen) atoms. The van der Waals surface area contributed by atoms with Crippen molar-refractivity contribution in [3.63, 3.8) is 0 Å². The molecule has 0 spiro atoms. The number of alkyl halides is 3. The van der Waals surface area contributed by atoms with Gasteiger partial charge in [-0.25, -0.2) is 0 Å². The highest BCUT2D eigenvalue weighted by atomic mass is 79.9. The first kappa shape index (κ1) is 13.0. The Morgan fingerprint density at radius 3 is 2.37 bits per heavy atom. The molecule has 1 aromatic rings. The van der Waals surface area contributed by atoms with E-state index < -0.39 is 11.7 Å². The summed E-state index contributed by atoms with van der Waals surface area (Å²) in [6.45, 7) is 0. The van der Waals surface area contributed by atoms with E-state index in [0.717, 1.165) is 31.2 Å². The van der Waals surface area contributed by atoms with Gasteiger partial charge in [-0.05, 0) is 43.4 Å². The summed E-state index contributed by atoms with van der Waals surface area (Å²) in [6.07, 6.45) is -1.41. The fraction of sp³-hybridized carbons (Fsp3) is 0.462. The molecule has 3 fully saturated rings. The highest BCUT2D eigenvalue weighted by Gasteiger charge is 2.57. The van der Waals surface area contributed by atoms with Gasteiger partial charge in [0.1, 0.15) is 0 Å². The van der Waals surface area contributed by atoms with E-state index in [0.29, 0.717) is 0 Å². The quantitative estimate of drug-likeness (QED) is 0.877. The molecule has 6 heteroatoms. The van der Waals surface area contributed by atoms with Crippen molar-refractivity contribution in [2.24, 2.45) is 5.92 Å². The summed E-state index contributed by atoms with van der Waals surface area (Å²) in [5.41, 5.74) is -0.587. The van der Waals surface area contributed by atoms with E-state index in [1.807, 2.05) is 0 Å². The molecule has 4 rings (SSSR count). The Balaban J connectivity index is 1.77. The minimum atomic E-state index is -4.41. The average molecular weight is 334 g/mol. The topological polar surface area (TPSA) is 29.1 Å². The first-order valence-corrected chi connectivity index (χ1v) is 6.78. The highest BCUT2D eigenvalue weighted by molar-refractivity contribution is 9.10. The number of rotatable bonds is 2. The molecular formula is C13H11BrF3NO. The van der Waals surface area contributed by atoms with Crippen LogP contribution in [0, 0.1) is 5.92 Å². The van der Waals surface area contributed by atoms with Crippen molar-refractivity contribution in [2.75, 3.05) is 0 Å². The van der Waals surface area contributed by atoms with Gasteiger partial charge in [0.15, 0.2) is 0 Å². The number of nitrogens with one attached hydrogen (secondary N) is 1. The van der Waals surface area contributed by atoms with Crippen molar-refractivity contribution in [2.45, 2.75) is 31.0 Å². The Hall–Kier alpha value is -1.04. The van der Waals surface area contributed by atoms with Gasteiger partial charge in [0.2, 0.25) is 0 Å². The second-order valence-corrected chi connectivity index (χ2v) is 6.26. The van der Waals surface area contributed by atoms with Crippen LogP contribution in [0.4, 0.5) is 13.2 Å².